The van der Waals surface area contributed by atoms with Crippen molar-refractivity contribution in [2.24, 2.45) is 0 Å². The number of carbonyl (C=O) groups is 2. The van der Waals surface area contributed by atoms with Gasteiger partial charge in [0.1, 0.15) is 5.82 Å². The molecule has 0 spiro atoms. The third kappa shape index (κ3) is 4.39. The van der Waals surface area contributed by atoms with Crippen molar-refractivity contribution in [2.75, 3.05) is 10.2 Å². The first-order valence-corrected chi connectivity index (χ1v) is 8.75. The van der Waals surface area contributed by atoms with Crippen molar-refractivity contribution in [2.45, 2.75) is 45.7 Å². The van der Waals surface area contributed by atoms with E-state index in [-0.39, 0.29) is 17.5 Å². The van der Waals surface area contributed by atoms with Crippen LogP contribution in [-0.4, -0.2) is 22.5 Å². The predicted molar refractivity (Wildman–Crippen MR) is 102 cm³/mol. The molecule has 1 aliphatic heterocycles. The lowest BCUT2D eigenvalue weighted by Gasteiger charge is -2.29. The smallest absolute Gasteiger partial charge is 0.320 e. The minimum Gasteiger partial charge on any atom is -0.333 e. The molecular weight excluding hydrogens is 328 g/mol. The highest BCUT2D eigenvalue weighted by atomic mass is 16.2. The Labute approximate surface area is 153 Å². The largest absolute Gasteiger partial charge is 0.333 e. The number of aromatic nitrogens is 1. The second-order valence-electron chi connectivity index (χ2n) is 7.46. The third-order valence-electron chi connectivity index (χ3n) is 4.03. The SMILES string of the molecule is CC(C)(C)NC(=O)Nc1ccc2c(n1)CCC(=O)N2Cc1ccccc1. The predicted octanol–water partition coefficient (Wildman–Crippen LogP) is 3.48. The van der Waals surface area contributed by atoms with Gasteiger partial charge in [0.15, 0.2) is 0 Å². The van der Waals surface area contributed by atoms with Crippen molar-refractivity contribution in [1.82, 2.24) is 10.3 Å². The summed E-state index contributed by atoms with van der Waals surface area (Å²) in [6.45, 7) is 6.27. The molecule has 136 valence electrons. The highest BCUT2D eigenvalue weighted by Crippen LogP contribution is 2.29. The van der Waals surface area contributed by atoms with E-state index in [0.29, 0.717) is 25.2 Å². The van der Waals surface area contributed by atoms with E-state index in [1.54, 1.807) is 11.0 Å². The fourth-order valence-electron chi connectivity index (χ4n) is 2.92. The summed E-state index contributed by atoms with van der Waals surface area (Å²) in [5, 5.41) is 5.60. The molecule has 3 rings (SSSR count). The summed E-state index contributed by atoms with van der Waals surface area (Å²) < 4.78 is 0. The Morgan fingerprint density at radius 2 is 1.85 bits per heavy atom. The molecule has 0 radical (unpaired) electrons. The number of benzene rings is 1. The van der Waals surface area contributed by atoms with Crippen LogP contribution in [0, 0.1) is 0 Å². The topological polar surface area (TPSA) is 74.3 Å². The van der Waals surface area contributed by atoms with Crippen LogP contribution in [0.25, 0.3) is 0 Å². The first-order chi connectivity index (χ1) is 12.3. The molecule has 0 unspecified atom stereocenters. The molecule has 0 aliphatic carbocycles. The van der Waals surface area contributed by atoms with E-state index in [2.05, 4.69) is 15.6 Å². The van der Waals surface area contributed by atoms with Gasteiger partial charge in [0, 0.05) is 18.4 Å². The van der Waals surface area contributed by atoms with E-state index < -0.39 is 0 Å². The Kier molecular flexibility index (Phi) is 4.93. The molecule has 26 heavy (non-hydrogen) atoms. The van der Waals surface area contributed by atoms with Crippen molar-refractivity contribution in [3.8, 4) is 0 Å². The van der Waals surface area contributed by atoms with Gasteiger partial charge >= 0.3 is 6.03 Å². The second-order valence-corrected chi connectivity index (χ2v) is 7.46. The van der Waals surface area contributed by atoms with Gasteiger partial charge in [-0.2, -0.15) is 0 Å². The Morgan fingerprint density at radius 1 is 1.12 bits per heavy atom. The number of nitrogens with zero attached hydrogens (tertiary/aromatic N) is 2. The van der Waals surface area contributed by atoms with Gasteiger partial charge in [0.05, 0.1) is 17.9 Å². The van der Waals surface area contributed by atoms with Crippen molar-refractivity contribution in [3.05, 3.63) is 53.7 Å². The van der Waals surface area contributed by atoms with E-state index >= 15 is 0 Å². The number of aryl methyl sites for hydroxylation is 1. The molecule has 1 aromatic heterocycles. The van der Waals surface area contributed by atoms with Gasteiger partial charge in [-0.1, -0.05) is 30.3 Å². The summed E-state index contributed by atoms with van der Waals surface area (Å²) in [5.41, 5.74) is 2.39. The number of nitrogens with one attached hydrogen (secondary N) is 2. The summed E-state index contributed by atoms with van der Waals surface area (Å²) >= 11 is 0. The molecule has 1 aliphatic rings. The van der Waals surface area contributed by atoms with Gasteiger partial charge in [-0.15, -0.1) is 0 Å². The standard InChI is InChI=1S/C20H24N4O2/c1-20(2,3)23-19(26)22-17-11-10-16-15(21-17)9-12-18(25)24(16)13-14-7-5-4-6-8-14/h4-8,10-11H,9,12-13H2,1-3H3,(H2,21,22,23,26). The molecule has 0 atom stereocenters. The Morgan fingerprint density at radius 3 is 2.54 bits per heavy atom. The number of carbonyl (C=O) groups excluding carboxylic acids is 2. The van der Waals surface area contributed by atoms with Crippen molar-refractivity contribution in [3.63, 3.8) is 0 Å². The Balaban J connectivity index is 1.78. The van der Waals surface area contributed by atoms with E-state index in [1.807, 2.05) is 57.2 Å². The molecule has 3 amide bonds. The first kappa shape index (κ1) is 17.9. The average molecular weight is 352 g/mol. The molecule has 2 N–H and O–H groups in total. The van der Waals surface area contributed by atoms with Gasteiger partial charge in [-0.25, -0.2) is 9.78 Å². The number of fused-ring (bicyclic) bond motifs is 1. The second kappa shape index (κ2) is 7.15. The van der Waals surface area contributed by atoms with Crippen LogP contribution in [0.2, 0.25) is 0 Å². The van der Waals surface area contributed by atoms with Crippen LogP contribution in [0.3, 0.4) is 0 Å². The number of rotatable bonds is 3. The molecule has 0 saturated carbocycles. The highest BCUT2D eigenvalue weighted by Gasteiger charge is 2.25. The molecule has 0 bridgehead atoms. The zero-order valence-electron chi connectivity index (χ0n) is 15.4. The van der Waals surface area contributed by atoms with Crippen LogP contribution in [0.4, 0.5) is 16.3 Å². The monoisotopic (exact) mass is 352 g/mol. The zero-order valence-corrected chi connectivity index (χ0v) is 15.4. The van der Waals surface area contributed by atoms with Crippen LogP contribution in [0.5, 0.6) is 0 Å². The maximum Gasteiger partial charge on any atom is 0.320 e. The normalized spacial score (nSPS) is 14.0. The van der Waals surface area contributed by atoms with E-state index in [9.17, 15) is 9.59 Å². The number of urea groups is 1. The summed E-state index contributed by atoms with van der Waals surface area (Å²) in [6.07, 6.45) is 1.00. The third-order valence-corrected chi connectivity index (χ3v) is 4.03. The fraction of sp³-hybridized carbons (Fsp3) is 0.350. The van der Waals surface area contributed by atoms with E-state index in [0.717, 1.165) is 16.9 Å². The number of hydrogen-bond acceptors (Lipinski definition) is 3. The minimum absolute atomic E-state index is 0.0920. The minimum atomic E-state index is -0.322. The van der Waals surface area contributed by atoms with Crippen LogP contribution < -0.4 is 15.5 Å². The lowest BCUT2D eigenvalue weighted by molar-refractivity contribution is -0.119. The van der Waals surface area contributed by atoms with Crippen LogP contribution in [0.15, 0.2) is 42.5 Å². The Hall–Kier alpha value is -2.89. The number of pyridine rings is 1. The van der Waals surface area contributed by atoms with Gasteiger partial charge in [0.25, 0.3) is 0 Å². The average Bonchev–Trinajstić information content (AvgIpc) is 2.56. The molecule has 1 aromatic carbocycles. The molecule has 2 aromatic rings. The maximum absolute atomic E-state index is 12.4. The maximum atomic E-state index is 12.4. The van der Waals surface area contributed by atoms with Gasteiger partial charge < -0.3 is 10.2 Å². The molecule has 0 saturated heterocycles. The molecule has 6 nitrogen and oxygen atoms in total. The van der Waals surface area contributed by atoms with E-state index in [1.165, 1.54) is 0 Å². The fourth-order valence-corrected chi connectivity index (χ4v) is 2.92. The molecule has 2 heterocycles. The quantitative estimate of drug-likeness (QED) is 0.888. The van der Waals surface area contributed by atoms with Gasteiger partial charge in [-0.05, 0) is 38.5 Å². The number of hydrogen-bond donors (Lipinski definition) is 2. The summed E-state index contributed by atoms with van der Waals surface area (Å²) in [7, 11) is 0. The lowest BCUT2D eigenvalue weighted by atomic mass is 10.1. The molecular formula is C20H24N4O2. The molecule has 0 fully saturated rings. The van der Waals surface area contributed by atoms with Gasteiger partial charge in [0.2, 0.25) is 5.91 Å². The van der Waals surface area contributed by atoms with E-state index in [4.69, 9.17) is 0 Å². The zero-order chi connectivity index (χ0) is 18.7. The van der Waals surface area contributed by atoms with Crippen molar-refractivity contribution >= 4 is 23.4 Å². The Bertz CT molecular complexity index is 812. The van der Waals surface area contributed by atoms with Gasteiger partial charge in [-0.3, -0.25) is 10.1 Å². The van der Waals surface area contributed by atoms with Crippen molar-refractivity contribution < 1.29 is 9.59 Å². The summed E-state index contributed by atoms with van der Waals surface area (Å²) in [6, 6.07) is 13.2. The van der Waals surface area contributed by atoms with Crippen LogP contribution in [0.1, 0.15) is 38.4 Å². The lowest BCUT2D eigenvalue weighted by Crippen LogP contribution is -2.43. The summed E-state index contributed by atoms with van der Waals surface area (Å²) in [5.74, 6) is 0.578. The summed E-state index contributed by atoms with van der Waals surface area (Å²) in [4.78, 5) is 30.7. The van der Waals surface area contributed by atoms with Crippen molar-refractivity contribution in [1.29, 1.82) is 0 Å². The number of amides is 3. The van der Waals surface area contributed by atoms with Crippen LogP contribution in [-0.2, 0) is 17.8 Å². The number of anilines is 2. The highest BCUT2D eigenvalue weighted by molar-refractivity contribution is 5.96. The first-order valence-electron chi connectivity index (χ1n) is 8.75. The van der Waals surface area contributed by atoms with Crippen LogP contribution >= 0.6 is 0 Å². The molecule has 6 heteroatoms.